The van der Waals surface area contributed by atoms with Crippen molar-refractivity contribution >= 4 is 42.2 Å². The van der Waals surface area contributed by atoms with E-state index in [0.29, 0.717) is 24.3 Å². The van der Waals surface area contributed by atoms with Crippen molar-refractivity contribution in [3.05, 3.63) is 66.7 Å². The van der Waals surface area contributed by atoms with Crippen LogP contribution in [-0.2, 0) is 20.0 Å². The van der Waals surface area contributed by atoms with Crippen molar-refractivity contribution in [3.8, 4) is 0 Å². The number of benzene rings is 3. The van der Waals surface area contributed by atoms with Crippen LogP contribution >= 0.6 is 0 Å². The molecule has 3 aromatic carbocycles. The molecule has 1 fully saturated rings. The van der Waals surface area contributed by atoms with Gasteiger partial charge >= 0.3 is 0 Å². The molecule has 1 heterocycles. The minimum atomic E-state index is -3.75. The van der Waals surface area contributed by atoms with Crippen molar-refractivity contribution in [2.75, 3.05) is 21.3 Å². The lowest BCUT2D eigenvalue weighted by Gasteiger charge is -2.28. The van der Waals surface area contributed by atoms with Gasteiger partial charge in [-0.15, -0.1) is 0 Å². The highest BCUT2D eigenvalue weighted by atomic mass is 32.2. The number of nitrogens with zero attached hydrogens (tertiary/aromatic N) is 1. The molecule has 1 N–H and O–H groups in total. The van der Waals surface area contributed by atoms with E-state index in [1.165, 1.54) is 4.31 Å². The van der Waals surface area contributed by atoms with Crippen LogP contribution in [0.4, 0.5) is 11.4 Å². The van der Waals surface area contributed by atoms with Crippen molar-refractivity contribution in [2.24, 2.45) is 0 Å². The predicted octanol–water partition coefficient (Wildman–Crippen LogP) is 3.57. The Labute approximate surface area is 164 Å². The van der Waals surface area contributed by atoms with Gasteiger partial charge in [-0.2, -0.15) is 0 Å². The summed E-state index contributed by atoms with van der Waals surface area (Å²) in [5.74, 6) is 0.142. The maximum absolute atomic E-state index is 12.7. The van der Waals surface area contributed by atoms with Crippen LogP contribution < -0.4 is 9.03 Å². The zero-order chi connectivity index (χ0) is 19.8. The molecule has 0 amide bonds. The van der Waals surface area contributed by atoms with E-state index in [0.717, 1.165) is 17.2 Å². The van der Waals surface area contributed by atoms with E-state index in [1.807, 2.05) is 24.3 Å². The quantitative estimate of drug-likeness (QED) is 0.705. The molecule has 0 aromatic heterocycles. The van der Waals surface area contributed by atoms with Crippen molar-refractivity contribution in [1.29, 1.82) is 0 Å². The molecule has 1 saturated heterocycles. The Balaban J connectivity index is 1.57. The van der Waals surface area contributed by atoms with Crippen LogP contribution in [0.5, 0.6) is 0 Å². The van der Waals surface area contributed by atoms with Crippen LogP contribution in [0.25, 0.3) is 10.8 Å². The molecule has 1 aliphatic rings. The first kappa shape index (κ1) is 18.8. The Hall–Kier alpha value is -2.58. The van der Waals surface area contributed by atoms with Gasteiger partial charge in [0.05, 0.1) is 16.3 Å². The monoisotopic (exact) mass is 416 g/mol. The fourth-order valence-corrected chi connectivity index (χ4v) is 6.06. The third kappa shape index (κ3) is 3.70. The second-order valence-electron chi connectivity index (χ2n) is 6.76. The molecule has 0 atom stereocenters. The predicted molar refractivity (Wildman–Crippen MR) is 112 cm³/mol. The molecule has 0 spiro atoms. The lowest BCUT2D eigenvalue weighted by molar-refractivity contribution is 0.574. The van der Waals surface area contributed by atoms with Gasteiger partial charge in [-0.3, -0.25) is 9.03 Å². The minimum Gasteiger partial charge on any atom is -0.280 e. The van der Waals surface area contributed by atoms with Gasteiger partial charge in [-0.25, -0.2) is 16.8 Å². The van der Waals surface area contributed by atoms with E-state index in [2.05, 4.69) is 4.72 Å². The zero-order valence-electron chi connectivity index (χ0n) is 15.1. The maximum atomic E-state index is 12.7. The van der Waals surface area contributed by atoms with Crippen LogP contribution in [0.3, 0.4) is 0 Å². The standard InChI is InChI=1S/C20H20N2O4S2/c23-27(24)14-4-3-13-22(27)19-10-8-18(9-11-19)21-28(25,26)20-12-7-16-5-1-2-6-17(16)15-20/h1-2,5-12,15,21H,3-4,13-14H2. The number of rotatable bonds is 4. The summed E-state index contributed by atoms with van der Waals surface area (Å²) in [7, 11) is -7.04. The lowest BCUT2D eigenvalue weighted by atomic mass is 10.1. The zero-order valence-corrected chi connectivity index (χ0v) is 16.7. The molecular formula is C20H20N2O4S2. The van der Waals surface area contributed by atoms with Crippen molar-refractivity contribution in [2.45, 2.75) is 17.7 Å². The molecule has 0 radical (unpaired) electrons. The first-order chi connectivity index (χ1) is 13.4. The molecule has 0 bridgehead atoms. The van der Waals surface area contributed by atoms with Crippen LogP contribution in [0.2, 0.25) is 0 Å². The van der Waals surface area contributed by atoms with Gasteiger partial charge in [-0.05, 0) is 60.0 Å². The van der Waals surface area contributed by atoms with Gasteiger partial charge in [0.2, 0.25) is 10.0 Å². The molecule has 6 nitrogen and oxygen atoms in total. The Morgan fingerprint density at radius 2 is 1.57 bits per heavy atom. The van der Waals surface area contributed by atoms with Gasteiger partial charge in [0.25, 0.3) is 10.0 Å². The molecule has 0 aliphatic carbocycles. The molecule has 1 aliphatic heterocycles. The van der Waals surface area contributed by atoms with Gasteiger partial charge in [0, 0.05) is 12.2 Å². The highest BCUT2D eigenvalue weighted by molar-refractivity contribution is 7.93. The first-order valence-corrected chi connectivity index (χ1v) is 12.1. The van der Waals surface area contributed by atoms with Gasteiger partial charge in [0.1, 0.15) is 0 Å². The van der Waals surface area contributed by atoms with E-state index in [-0.39, 0.29) is 10.6 Å². The van der Waals surface area contributed by atoms with Crippen LogP contribution in [0.15, 0.2) is 71.6 Å². The largest absolute Gasteiger partial charge is 0.280 e. The third-order valence-electron chi connectivity index (χ3n) is 4.79. The summed E-state index contributed by atoms with van der Waals surface area (Å²) in [6.07, 6.45) is 1.48. The van der Waals surface area contributed by atoms with E-state index in [9.17, 15) is 16.8 Å². The van der Waals surface area contributed by atoms with Crippen molar-refractivity contribution < 1.29 is 16.8 Å². The second kappa shape index (κ2) is 7.10. The van der Waals surface area contributed by atoms with E-state index < -0.39 is 20.0 Å². The van der Waals surface area contributed by atoms with E-state index >= 15 is 0 Å². The molecule has 3 aromatic rings. The summed E-state index contributed by atoms with van der Waals surface area (Å²) >= 11 is 0. The second-order valence-corrected chi connectivity index (χ2v) is 10.5. The van der Waals surface area contributed by atoms with E-state index in [1.54, 1.807) is 42.5 Å². The molecule has 0 unspecified atom stereocenters. The summed E-state index contributed by atoms with van der Waals surface area (Å²) in [5.41, 5.74) is 0.930. The molecular weight excluding hydrogens is 396 g/mol. The number of hydrogen-bond acceptors (Lipinski definition) is 4. The SMILES string of the molecule is O=S(=O)(Nc1ccc(N2CCCCS2(=O)=O)cc1)c1ccc2ccccc2c1. The normalized spacial score (nSPS) is 16.8. The maximum Gasteiger partial charge on any atom is 0.261 e. The Morgan fingerprint density at radius 3 is 2.29 bits per heavy atom. The fourth-order valence-electron chi connectivity index (χ4n) is 3.32. The first-order valence-electron chi connectivity index (χ1n) is 8.97. The number of sulfonamides is 2. The van der Waals surface area contributed by atoms with Crippen molar-refractivity contribution in [3.63, 3.8) is 0 Å². The Bertz CT molecular complexity index is 1220. The van der Waals surface area contributed by atoms with Crippen LogP contribution in [-0.4, -0.2) is 29.1 Å². The summed E-state index contributed by atoms with van der Waals surface area (Å²) in [4.78, 5) is 0.175. The minimum absolute atomic E-state index is 0.142. The van der Waals surface area contributed by atoms with Gasteiger partial charge < -0.3 is 0 Å². The molecule has 146 valence electrons. The number of anilines is 2. The summed E-state index contributed by atoms with van der Waals surface area (Å²) in [5, 5.41) is 1.81. The lowest BCUT2D eigenvalue weighted by Crippen LogP contribution is -2.37. The summed E-state index contributed by atoms with van der Waals surface area (Å²) in [6.45, 7) is 0.449. The van der Waals surface area contributed by atoms with Crippen molar-refractivity contribution in [1.82, 2.24) is 0 Å². The average Bonchev–Trinajstić information content (AvgIpc) is 2.68. The van der Waals surface area contributed by atoms with Crippen LogP contribution in [0.1, 0.15) is 12.8 Å². The number of nitrogens with one attached hydrogen (secondary N) is 1. The number of fused-ring (bicyclic) bond motifs is 1. The Kier molecular flexibility index (Phi) is 4.76. The molecule has 4 rings (SSSR count). The van der Waals surface area contributed by atoms with Gasteiger partial charge in [-0.1, -0.05) is 30.3 Å². The smallest absolute Gasteiger partial charge is 0.261 e. The molecule has 28 heavy (non-hydrogen) atoms. The highest BCUT2D eigenvalue weighted by Crippen LogP contribution is 2.26. The molecule has 8 heteroatoms. The Morgan fingerprint density at radius 1 is 0.857 bits per heavy atom. The summed E-state index contributed by atoms with van der Waals surface area (Å²) < 4.78 is 53.8. The van der Waals surface area contributed by atoms with E-state index in [4.69, 9.17) is 0 Å². The average molecular weight is 417 g/mol. The number of hydrogen-bond donors (Lipinski definition) is 1. The summed E-state index contributed by atoms with van der Waals surface area (Å²) in [6, 6.07) is 18.9. The third-order valence-corrected chi connectivity index (χ3v) is 8.04. The topological polar surface area (TPSA) is 83.6 Å². The molecule has 0 saturated carbocycles. The van der Waals surface area contributed by atoms with Crippen LogP contribution in [0, 0.1) is 0 Å². The highest BCUT2D eigenvalue weighted by Gasteiger charge is 2.26. The van der Waals surface area contributed by atoms with Gasteiger partial charge in [0.15, 0.2) is 0 Å². The fraction of sp³-hybridized carbons (Fsp3) is 0.200.